The Hall–Kier alpha value is -3.85. The molecule has 0 bridgehead atoms. The highest BCUT2D eigenvalue weighted by molar-refractivity contribution is 6.36. The summed E-state index contributed by atoms with van der Waals surface area (Å²) in [5, 5.41) is 15.6. The zero-order valence-corrected chi connectivity index (χ0v) is 19.3. The summed E-state index contributed by atoms with van der Waals surface area (Å²) in [6.45, 7) is 1.24. The highest BCUT2D eigenvalue weighted by atomic mass is 16.5. The highest BCUT2D eigenvalue weighted by Crippen LogP contribution is 2.41. The predicted octanol–water partition coefficient (Wildman–Crippen LogP) is 2.24. The average Bonchev–Trinajstić information content (AvgIpc) is 3.36. The molecule has 34 heavy (non-hydrogen) atoms. The van der Waals surface area contributed by atoms with E-state index in [-0.39, 0.29) is 5.91 Å². The molecule has 2 aliphatic heterocycles. The zero-order chi connectivity index (χ0) is 24.2. The van der Waals surface area contributed by atoms with Gasteiger partial charge in [-0.25, -0.2) is 0 Å². The summed E-state index contributed by atoms with van der Waals surface area (Å²) in [6.07, 6.45) is 1.05. The van der Waals surface area contributed by atoms with E-state index in [9.17, 15) is 14.7 Å². The number of rotatable bonds is 8. The Labute approximate surface area is 198 Å². The molecule has 1 amide bonds. The van der Waals surface area contributed by atoms with Gasteiger partial charge in [-0.15, -0.1) is 0 Å². The van der Waals surface area contributed by atoms with Crippen LogP contribution in [0.15, 0.2) is 47.5 Å². The number of nitrogens with one attached hydrogen (secondary N) is 2. The second-order valence-electron chi connectivity index (χ2n) is 8.53. The number of hydrogen-bond acceptors (Lipinski definition) is 5. The maximum atomic E-state index is 12.6. The van der Waals surface area contributed by atoms with Crippen LogP contribution in [0.25, 0.3) is 11.3 Å². The van der Waals surface area contributed by atoms with E-state index in [0.717, 1.165) is 27.9 Å². The van der Waals surface area contributed by atoms with Crippen molar-refractivity contribution in [2.24, 2.45) is 10.7 Å². The Morgan fingerprint density at radius 1 is 1.26 bits per heavy atom. The van der Waals surface area contributed by atoms with Crippen LogP contribution in [0.1, 0.15) is 35.1 Å². The molecule has 2 aliphatic rings. The van der Waals surface area contributed by atoms with Crippen molar-refractivity contribution in [3.05, 3.63) is 64.7 Å². The number of amides is 1. The quantitative estimate of drug-likeness (QED) is 0.204. The number of carbonyl (C=O) groups is 2. The SMILES string of the molecule is CN(C)C(N)=NCCC[C@H](NCc1ccc2c(c1)COC2=C1C(=O)Nc2ccccc21)C(=O)O. The molecule has 0 unspecified atom stereocenters. The van der Waals surface area contributed by atoms with E-state index in [1.807, 2.05) is 56.6 Å². The molecule has 0 aromatic heterocycles. The predicted molar refractivity (Wildman–Crippen MR) is 131 cm³/mol. The lowest BCUT2D eigenvalue weighted by molar-refractivity contribution is -0.139. The summed E-state index contributed by atoms with van der Waals surface area (Å²) in [6, 6.07) is 12.7. The van der Waals surface area contributed by atoms with Crippen LogP contribution in [0.2, 0.25) is 0 Å². The number of hydrogen-bond donors (Lipinski definition) is 4. The average molecular weight is 464 g/mol. The van der Waals surface area contributed by atoms with E-state index in [4.69, 9.17) is 10.5 Å². The minimum absolute atomic E-state index is 0.171. The molecule has 2 aromatic rings. The van der Waals surface area contributed by atoms with Crippen LogP contribution in [0.4, 0.5) is 5.69 Å². The van der Waals surface area contributed by atoms with Crippen LogP contribution in [0.3, 0.4) is 0 Å². The zero-order valence-electron chi connectivity index (χ0n) is 19.3. The summed E-state index contributed by atoms with van der Waals surface area (Å²) in [5.41, 5.74) is 10.7. The Morgan fingerprint density at radius 3 is 2.82 bits per heavy atom. The largest absolute Gasteiger partial charge is 0.487 e. The van der Waals surface area contributed by atoms with Gasteiger partial charge in [0.2, 0.25) is 0 Å². The fourth-order valence-electron chi connectivity index (χ4n) is 4.06. The maximum Gasteiger partial charge on any atom is 0.320 e. The Kier molecular flexibility index (Phi) is 6.83. The van der Waals surface area contributed by atoms with Gasteiger partial charge >= 0.3 is 5.97 Å². The first-order valence-electron chi connectivity index (χ1n) is 11.2. The lowest BCUT2D eigenvalue weighted by Gasteiger charge is -2.15. The molecule has 9 nitrogen and oxygen atoms in total. The standard InChI is InChI=1S/C25H29N5O4/c1-30(2)25(26)27-11-5-8-20(24(32)33)28-13-15-9-10-17-16(12-15)14-34-22(17)21-18-6-3-4-7-19(18)29-23(21)31/h3-4,6-7,9-10,12,20,28H,5,8,11,13-14H2,1-2H3,(H2,26,27)(H,29,31)(H,32,33)/t20-/m0/s1. The van der Waals surface area contributed by atoms with Crippen LogP contribution in [0, 0.1) is 0 Å². The molecule has 0 saturated heterocycles. The van der Waals surface area contributed by atoms with Crippen LogP contribution < -0.4 is 16.4 Å². The molecule has 178 valence electrons. The van der Waals surface area contributed by atoms with Gasteiger partial charge in [0, 0.05) is 49.6 Å². The smallest absolute Gasteiger partial charge is 0.320 e. The molecule has 4 rings (SSSR count). The number of para-hydroxylation sites is 1. The van der Waals surface area contributed by atoms with Gasteiger partial charge in [-0.1, -0.05) is 36.4 Å². The van der Waals surface area contributed by atoms with Gasteiger partial charge < -0.3 is 31.1 Å². The first-order valence-corrected chi connectivity index (χ1v) is 11.2. The van der Waals surface area contributed by atoms with Crippen molar-refractivity contribution in [3.63, 3.8) is 0 Å². The van der Waals surface area contributed by atoms with Crippen LogP contribution in [-0.2, 0) is 27.5 Å². The number of carboxylic acids is 1. The number of anilines is 1. The number of ether oxygens (including phenoxy) is 1. The third kappa shape index (κ3) is 4.89. The van der Waals surface area contributed by atoms with E-state index in [2.05, 4.69) is 15.6 Å². The summed E-state index contributed by atoms with van der Waals surface area (Å²) in [4.78, 5) is 30.2. The van der Waals surface area contributed by atoms with Crippen LogP contribution in [-0.4, -0.2) is 54.5 Å². The summed E-state index contributed by atoms with van der Waals surface area (Å²) < 4.78 is 5.93. The topological polar surface area (TPSA) is 129 Å². The first kappa shape index (κ1) is 23.3. The Balaban J connectivity index is 1.42. The number of carbonyl (C=O) groups excluding carboxylic acids is 1. The molecule has 9 heteroatoms. The van der Waals surface area contributed by atoms with Crippen molar-refractivity contribution in [2.75, 3.05) is 26.0 Å². The van der Waals surface area contributed by atoms with Crippen LogP contribution in [0.5, 0.6) is 0 Å². The van der Waals surface area contributed by atoms with Crippen molar-refractivity contribution < 1.29 is 19.4 Å². The monoisotopic (exact) mass is 463 g/mol. The molecule has 2 aromatic carbocycles. The normalized spacial score (nSPS) is 17.6. The Morgan fingerprint density at radius 2 is 2.06 bits per heavy atom. The van der Waals surface area contributed by atoms with Crippen molar-refractivity contribution in [2.45, 2.75) is 32.0 Å². The number of guanidine groups is 1. The van der Waals surface area contributed by atoms with Crippen molar-refractivity contribution in [3.8, 4) is 0 Å². The molecule has 0 saturated carbocycles. The lowest BCUT2D eigenvalue weighted by atomic mass is 9.99. The second kappa shape index (κ2) is 9.96. The number of fused-ring (bicyclic) bond motifs is 2. The van der Waals surface area contributed by atoms with Gasteiger partial charge in [0.05, 0.1) is 5.57 Å². The number of aliphatic carboxylic acids is 1. The van der Waals surface area contributed by atoms with Gasteiger partial charge in [0.1, 0.15) is 18.4 Å². The van der Waals surface area contributed by atoms with Gasteiger partial charge in [-0.3, -0.25) is 14.6 Å². The minimum atomic E-state index is -0.896. The molecule has 0 aliphatic carbocycles. The minimum Gasteiger partial charge on any atom is -0.487 e. The summed E-state index contributed by atoms with van der Waals surface area (Å²) in [7, 11) is 3.62. The van der Waals surface area contributed by atoms with E-state index in [1.54, 1.807) is 4.90 Å². The molecule has 5 N–H and O–H groups in total. The highest BCUT2D eigenvalue weighted by Gasteiger charge is 2.32. The molecule has 0 spiro atoms. The molecule has 0 fully saturated rings. The fraction of sp³-hybridized carbons (Fsp3) is 0.320. The number of carboxylic acid groups (broad SMARTS) is 1. The number of benzene rings is 2. The van der Waals surface area contributed by atoms with Crippen molar-refractivity contribution in [1.29, 1.82) is 0 Å². The Bertz CT molecular complexity index is 1170. The van der Waals surface area contributed by atoms with Gasteiger partial charge in [-0.05, 0) is 24.5 Å². The molecular weight excluding hydrogens is 434 g/mol. The van der Waals surface area contributed by atoms with Crippen molar-refractivity contribution in [1.82, 2.24) is 10.2 Å². The second-order valence-corrected chi connectivity index (χ2v) is 8.53. The number of aliphatic imine (C=N–C) groups is 1. The first-order chi connectivity index (χ1) is 16.3. The fourth-order valence-corrected chi connectivity index (χ4v) is 4.06. The van der Waals surface area contributed by atoms with Gasteiger partial charge in [0.25, 0.3) is 5.91 Å². The third-order valence-electron chi connectivity index (χ3n) is 5.92. The number of nitrogens with zero attached hydrogens (tertiary/aromatic N) is 2. The molecular formula is C25H29N5O4. The van der Waals surface area contributed by atoms with E-state index in [1.165, 1.54) is 0 Å². The van der Waals surface area contributed by atoms with Gasteiger partial charge in [-0.2, -0.15) is 0 Å². The van der Waals surface area contributed by atoms with E-state index < -0.39 is 12.0 Å². The molecule has 2 heterocycles. The lowest BCUT2D eigenvalue weighted by Crippen LogP contribution is -2.36. The summed E-state index contributed by atoms with van der Waals surface area (Å²) >= 11 is 0. The molecule has 1 atom stereocenters. The van der Waals surface area contributed by atoms with Gasteiger partial charge in [0.15, 0.2) is 5.96 Å². The van der Waals surface area contributed by atoms with E-state index in [0.29, 0.717) is 49.8 Å². The third-order valence-corrected chi connectivity index (χ3v) is 5.92. The number of nitrogens with two attached hydrogens (primary N) is 1. The summed E-state index contributed by atoms with van der Waals surface area (Å²) in [5.74, 6) is -0.0613. The van der Waals surface area contributed by atoms with Crippen LogP contribution >= 0.6 is 0 Å². The maximum absolute atomic E-state index is 12.6. The van der Waals surface area contributed by atoms with E-state index >= 15 is 0 Å². The molecule has 0 radical (unpaired) electrons. The van der Waals surface area contributed by atoms with Crippen molar-refractivity contribution >= 4 is 34.9 Å².